The van der Waals surface area contributed by atoms with E-state index in [9.17, 15) is 1.37 Å². The molecule has 2 aliphatic carbocycles. The van der Waals surface area contributed by atoms with Crippen LogP contribution in [0, 0.1) is 0 Å². The number of nitrogens with zero attached hydrogens (tertiary/aromatic N) is 7. The normalized spacial score (nSPS) is 21.0. The van der Waals surface area contributed by atoms with Crippen LogP contribution in [-0.2, 0) is 12.1 Å². The van der Waals surface area contributed by atoms with Crippen molar-refractivity contribution < 1.29 is 1.37 Å². The molecule has 166 valence electrons. The Morgan fingerprint density at radius 3 is 2.79 bits per heavy atom. The molecule has 0 radical (unpaired) electrons. The van der Waals surface area contributed by atoms with E-state index in [1.54, 1.807) is 6.33 Å². The van der Waals surface area contributed by atoms with Gasteiger partial charge in [-0.2, -0.15) is 0 Å². The first kappa shape index (κ1) is 18.0. The van der Waals surface area contributed by atoms with Crippen LogP contribution in [0.5, 0.6) is 0 Å². The van der Waals surface area contributed by atoms with Gasteiger partial charge in [-0.3, -0.25) is 0 Å². The molecule has 7 rings (SSSR count). The van der Waals surface area contributed by atoms with E-state index in [4.69, 9.17) is 4.98 Å². The van der Waals surface area contributed by atoms with Gasteiger partial charge in [-0.15, -0.1) is 10.2 Å². The number of benzene rings is 1. The van der Waals surface area contributed by atoms with Gasteiger partial charge in [0.05, 0.1) is 18.9 Å². The van der Waals surface area contributed by atoms with Crippen LogP contribution in [0.4, 0.5) is 5.82 Å². The van der Waals surface area contributed by atoms with E-state index in [0.29, 0.717) is 5.92 Å². The minimum atomic E-state index is -0.505. The average Bonchev–Trinajstić information content (AvgIpc) is 3.71. The second-order valence-electron chi connectivity index (χ2n) is 9.82. The van der Waals surface area contributed by atoms with Gasteiger partial charge in [0.15, 0.2) is 5.82 Å². The van der Waals surface area contributed by atoms with Crippen molar-refractivity contribution >= 4 is 5.82 Å². The molecule has 0 amide bonds. The van der Waals surface area contributed by atoms with Crippen LogP contribution in [0.3, 0.4) is 0 Å². The van der Waals surface area contributed by atoms with E-state index in [-0.39, 0.29) is 11.6 Å². The maximum atomic E-state index is 9.23. The highest BCUT2D eigenvalue weighted by molar-refractivity contribution is 5.62. The quantitative estimate of drug-likeness (QED) is 0.439. The summed E-state index contributed by atoms with van der Waals surface area (Å²) in [5.74, 6) is 2.21. The fourth-order valence-corrected chi connectivity index (χ4v) is 5.10. The topological polar surface area (TPSA) is 64.7 Å². The Hall–Kier alpha value is -3.48. The lowest BCUT2D eigenvalue weighted by Gasteiger charge is -2.26. The van der Waals surface area contributed by atoms with Gasteiger partial charge in [0, 0.05) is 30.4 Å². The fourth-order valence-electron chi connectivity index (χ4n) is 5.10. The summed E-state index contributed by atoms with van der Waals surface area (Å²) in [5.41, 5.74) is 5.23. The Labute approximate surface area is 194 Å². The fraction of sp³-hybridized carbons (Fsp3) is 0.385. The summed E-state index contributed by atoms with van der Waals surface area (Å²) in [6.07, 6.45) is 10.4. The number of pyridine rings is 1. The van der Waals surface area contributed by atoms with Crippen LogP contribution >= 0.6 is 0 Å². The molecule has 7 nitrogen and oxygen atoms in total. The average molecular weight is 439 g/mol. The highest BCUT2D eigenvalue weighted by Gasteiger charge is 2.55. The number of imidazole rings is 1. The number of anilines is 1. The summed E-state index contributed by atoms with van der Waals surface area (Å²) in [6.45, 7) is 3.71. The standard InChI is InChI=1S/C26H27N7/c1-17(2)32-16-28-30-25(32)22-4-3-5-24(29-22)33-13-19-12-20(8-9-21(19)26(33)10-11-26)31-14-23(27-15-31)18-6-7-18/h3-5,8-9,12,14-18H,6-7,10-11,13H2,1-2H3/i13D. The molecule has 2 saturated carbocycles. The van der Waals surface area contributed by atoms with Gasteiger partial charge >= 0.3 is 0 Å². The molecule has 0 saturated heterocycles. The van der Waals surface area contributed by atoms with Crippen molar-refractivity contribution in [3.63, 3.8) is 0 Å². The Kier molecular flexibility index (Phi) is 3.69. The minimum absolute atomic E-state index is 0.133. The van der Waals surface area contributed by atoms with E-state index in [0.717, 1.165) is 41.4 Å². The molecule has 1 unspecified atom stereocenters. The molecule has 0 bridgehead atoms. The van der Waals surface area contributed by atoms with Gasteiger partial charge in [0.25, 0.3) is 0 Å². The predicted molar refractivity (Wildman–Crippen MR) is 126 cm³/mol. The van der Waals surface area contributed by atoms with Gasteiger partial charge in [-0.05, 0) is 74.9 Å². The number of hydrogen-bond acceptors (Lipinski definition) is 5. The van der Waals surface area contributed by atoms with Crippen molar-refractivity contribution in [2.45, 2.75) is 63.6 Å². The molecule has 4 aromatic rings. The van der Waals surface area contributed by atoms with Crippen molar-refractivity contribution in [3.8, 4) is 17.2 Å². The second-order valence-corrected chi connectivity index (χ2v) is 9.82. The van der Waals surface area contributed by atoms with Crippen molar-refractivity contribution in [1.29, 1.82) is 0 Å². The summed E-state index contributed by atoms with van der Waals surface area (Å²) in [4.78, 5) is 11.8. The highest BCUT2D eigenvalue weighted by atomic mass is 15.3. The number of aromatic nitrogens is 6. The first-order chi connectivity index (χ1) is 16.5. The molecule has 4 heterocycles. The van der Waals surface area contributed by atoms with E-state index >= 15 is 0 Å². The molecule has 33 heavy (non-hydrogen) atoms. The highest BCUT2D eigenvalue weighted by Crippen LogP contribution is 2.58. The lowest BCUT2D eigenvalue weighted by atomic mass is 10.0. The zero-order chi connectivity index (χ0) is 23.0. The molecule has 3 aromatic heterocycles. The molecule has 7 heteroatoms. The SMILES string of the molecule is [2H]C1c2cc(-n3cnc(C4CC4)c3)ccc2C2(CC2)N1c1cccc(-c2nncn2C(C)C)n1. The van der Waals surface area contributed by atoms with Gasteiger partial charge in [-0.25, -0.2) is 9.97 Å². The van der Waals surface area contributed by atoms with Crippen molar-refractivity contribution in [3.05, 3.63) is 72.1 Å². The summed E-state index contributed by atoms with van der Waals surface area (Å²) in [6, 6.07) is 12.8. The monoisotopic (exact) mass is 438 g/mol. The van der Waals surface area contributed by atoms with Crippen LogP contribution in [0.25, 0.3) is 17.2 Å². The Bertz CT molecular complexity index is 1400. The van der Waals surface area contributed by atoms with Gasteiger partial charge in [0.1, 0.15) is 17.8 Å². The van der Waals surface area contributed by atoms with Gasteiger partial charge in [0.2, 0.25) is 0 Å². The lowest BCUT2D eigenvalue weighted by molar-refractivity contribution is 0.602. The minimum Gasteiger partial charge on any atom is -0.342 e. The number of hydrogen-bond donors (Lipinski definition) is 0. The van der Waals surface area contributed by atoms with Gasteiger partial charge in [-0.1, -0.05) is 12.1 Å². The second kappa shape index (κ2) is 6.76. The largest absolute Gasteiger partial charge is 0.342 e. The molecule has 1 aliphatic heterocycles. The third-order valence-electron chi connectivity index (χ3n) is 7.23. The Balaban J connectivity index is 1.26. The maximum Gasteiger partial charge on any atom is 0.182 e. The van der Waals surface area contributed by atoms with Crippen LogP contribution in [0.1, 0.15) is 69.7 Å². The molecule has 1 spiro atoms. The van der Waals surface area contributed by atoms with Crippen molar-refractivity contribution in [1.82, 2.24) is 29.3 Å². The van der Waals surface area contributed by atoms with Crippen molar-refractivity contribution in [2.24, 2.45) is 0 Å². The summed E-state index contributed by atoms with van der Waals surface area (Å²) in [7, 11) is 0. The Morgan fingerprint density at radius 1 is 1.12 bits per heavy atom. The molecule has 1 aromatic carbocycles. The predicted octanol–water partition coefficient (Wildman–Crippen LogP) is 4.99. The molecule has 3 aliphatic rings. The maximum absolute atomic E-state index is 9.23. The summed E-state index contributed by atoms with van der Waals surface area (Å²) >= 11 is 0. The third-order valence-corrected chi connectivity index (χ3v) is 7.23. The first-order valence-electron chi connectivity index (χ1n) is 12.4. The van der Waals surface area contributed by atoms with Crippen molar-refractivity contribution in [2.75, 3.05) is 4.90 Å². The zero-order valence-electron chi connectivity index (χ0n) is 19.9. The third kappa shape index (κ3) is 2.95. The smallest absolute Gasteiger partial charge is 0.182 e. The van der Waals surface area contributed by atoms with Crippen LogP contribution < -0.4 is 4.90 Å². The lowest BCUT2D eigenvalue weighted by Crippen LogP contribution is -2.29. The molecule has 1 atom stereocenters. The molecular formula is C26H27N7. The summed E-state index contributed by atoms with van der Waals surface area (Å²) < 4.78 is 13.4. The van der Waals surface area contributed by atoms with Crippen LogP contribution in [0.15, 0.2) is 55.2 Å². The molecule has 0 N–H and O–H groups in total. The van der Waals surface area contributed by atoms with E-state index in [2.05, 4.69) is 62.9 Å². The van der Waals surface area contributed by atoms with Gasteiger partial charge < -0.3 is 14.0 Å². The number of rotatable bonds is 5. The first-order valence-corrected chi connectivity index (χ1v) is 11.8. The van der Waals surface area contributed by atoms with E-state index in [1.807, 2.05) is 29.1 Å². The van der Waals surface area contributed by atoms with Crippen LogP contribution in [0.2, 0.25) is 0 Å². The molecule has 2 fully saturated rings. The summed E-state index contributed by atoms with van der Waals surface area (Å²) in [5, 5.41) is 8.43. The Morgan fingerprint density at radius 2 is 2.00 bits per heavy atom. The van der Waals surface area contributed by atoms with Crippen LogP contribution in [-0.4, -0.2) is 29.3 Å². The zero-order valence-corrected chi connectivity index (χ0v) is 18.9. The molecular weight excluding hydrogens is 410 g/mol. The van der Waals surface area contributed by atoms with E-state index < -0.39 is 6.52 Å². The number of fused-ring (bicyclic) bond motifs is 2. The van der Waals surface area contributed by atoms with E-state index in [1.165, 1.54) is 24.1 Å².